The van der Waals surface area contributed by atoms with E-state index < -0.39 is 0 Å². The number of ether oxygens (including phenoxy) is 1. The largest absolute Gasteiger partial charge is 0.382 e. The highest BCUT2D eigenvalue weighted by molar-refractivity contribution is 6.30. The van der Waals surface area contributed by atoms with E-state index in [2.05, 4.69) is 19.1 Å². The Bertz CT molecular complexity index is 339. The molecular formula is C16H23ClO. The van der Waals surface area contributed by atoms with Gasteiger partial charge in [0.15, 0.2) is 0 Å². The Kier molecular flexibility index (Phi) is 5.52. The van der Waals surface area contributed by atoms with Gasteiger partial charge in [-0.05, 0) is 68.6 Å². The Morgan fingerprint density at radius 1 is 1.11 bits per heavy atom. The number of rotatable bonds is 5. The average Bonchev–Trinajstić information content (AvgIpc) is 2.41. The first-order valence-corrected chi connectivity index (χ1v) is 7.50. The Morgan fingerprint density at radius 3 is 2.39 bits per heavy atom. The molecule has 2 rings (SSSR count). The second-order valence-electron chi connectivity index (χ2n) is 5.25. The SMILES string of the molecule is CCOCC[C@H]1CC[C@H](c2ccc(Cl)cc2)CC1. The highest BCUT2D eigenvalue weighted by Crippen LogP contribution is 2.37. The summed E-state index contributed by atoms with van der Waals surface area (Å²) in [6.45, 7) is 3.85. The maximum atomic E-state index is 5.93. The van der Waals surface area contributed by atoms with Gasteiger partial charge in [0.25, 0.3) is 0 Å². The topological polar surface area (TPSA) is 9.23 Å². The average molecular weight is 267 g/mol. The van der Waals surface area contributed by atoms with Crippen LogP contribution in [0.2, 0.25) is 5.02 Å². The molecule has 0 atom stereocenters. The molecule has 1 saturated carbocycles. The monoisotopic (exact) mass is 266 g/mol. The summed E-state index contributed by atoms with van der Waals surface area (Å²) in [7, 11) is 0. The minimum Gasteiger partial charge on any atom is -0.382 e. The molecule has 0 aromatic heterocycles. The first-order chi connectivity index (χ1) is 8.79. The van der Waals surface area contributed by atoms with E-state index in [1.807, 2.05) is 12.1 Å². The van der Waals surface area contributed by atoms with E-state index in [9.17, 15) is 0 Å². The van der Waals surface area contributed by atoms with Crippen molar-refractivity contribution in [3.63, 3.8) is 0 Å². The van der Waals surface area contributed by atoms with Gasteiger partial charge in [0.1, 0.15) is 0 Å². The van der Waals surface area contributed by atoms with Crippen molar-refractivity contribution in [1.29, 1.82) is 0 Å². The van der Waals surface area contributed by atoms with Crippen LogP contribution in [0.1, 0.15) is 50.5 Å². The molecule has 18 heavy (non-hydrogen) atoms. The maximum Gasteiger partial charge on any atom is 0.0468 e. The molecule has 1 fully saturated rings. The van der Waals surface area contributed by atoms with Gasteiger partial charge in [-0.2, -0.15) is 0 Å². The van der Waals surface area contributed by atoms with Crippen LogP contribution < -0.4 is 0 Å². The predicted octanol–water partition coefficient (Wildman–Crippen LogP) is 5.04. The summed E-state index contributed by atoms with van der Waals surface area (Å²) in [6.07, 6.45) is 6.57. The second-order valence-corrected chi connectivity index (χ2v) is 5.69. The molecule has 0 bridgehead atoms. The molecule has 1 aromatic rings. The van der Waals surface area contributed by atoms with Crippen LogP contribution in [0.4, 0.5) is 0 Å². The van der Waals surface area contributed by atoms with E-state index in [-0.39, 0.29) is 0 Å². The molecule has 1 aliphatic carbocycles. The molecule has 0 aliphatic heterocycles. The molecule has 0 radical (unpaired) electrons. The quantitative estimate of drug-likeness (QED) is 0.679. The third kappa shape index (κ3) is 4.00. The highest BCUT2D eigenvalue weighted by Gasteiger charge is 2.21. The lowest BCUT2D eigenvalue weighted by molar-refractivity contribution is 0.123. The second kappa shape index (κ2) is 7.16. The predicted molar refractivity (Wildman–Crippen MR) is 77.3 cm³/mol. The van der Waals surface area contributed by atoms with Crippen molar-refractivity contribution in [2.24, 2.45) is 5.92 Å². The summed E-state index contributed by atoms with van der Waals surface area (Å²) in [4.78, 5) is 0. The summed E-state index contributed by atoms with van der Waals surface area (Å²) in [6, 6.07) is 8.40. The Balaban J connectivity index is 1.77. The summed E-state index contributed by atoms with van der Waals surface area (Å²) >= 11 is 5.93. The lowest BCUT2D eigenvalue weighted by Crippen LogP contribution is -2.15. The molecule has 0 N–H and O–H groups in total. The van der Waals surface area contributed by atoms with E-state index in [0.717, 1.165) is 30.1 Å². The number of hydrogen-bond acceptors (Lipinski definition) is 1. The van der Waals surface area contributed by atoms with Crippen LogP contribution in [0.25, 0.3) is 0 Å². The van der Waals surface area contributed by atoms with E-state index >= 15 is 0 Å². The van der Waals surface area contributed by atoms with E-state index in [0.29, 0.717) is 0 Å². The van der Waals surface area contributed by atoms with Crippen molar-refractivity contribution >= 4 is 11.6 Å². The lowest BCUT2D eigenvalue weighted by Gasteiger charge is -2.28. The third-order valence-corrected chi connectivity index (χ3v) is 4.31. The van der Waals surface area contributed by atoms with E-state index in [1.54, 1.807) is 0 Å². The molecule has 0 heterocycles. The minimum absolute atomic E-state index is 0.741. The van der Waals surface area contributed by atoms with Crippen molar-refractivity contribution in [2.45, 2.75) is 44.9 Å². The van der Waals surface area contributed by atoms with Crippen LogP contribution in [-0.4, -0.2) is 13.2 Å². The van der Waals surface area contributed by atoms with Crippen LogP contribution in [0.5, 0.6) is 0 Å². The number of hydrogen-bond donors (Lipinski definition) is 0. The summed E-state index contributed by atoms with van der Waals surface area (Å²) < 4.78 is 5.45. The molecule has 1 nitrogen and oxygen atoms in total. The third-order valence-electron chi connectivity index (χ3n) is 4.06. The van der Waals surface area contributed by atoms with Crippen molar-refractivity contribution in [1.82, 2.24) is 0 Å². The fraction of sp³-hybridized carbons (Fsp3) is 0.625. The van der Waals surface area contributed by atoms with Gasteiger partial charge >= 0.3 is 0 Å². The smallest absolute Gasteiger partial charge is 0.0468 e. The van der Waals surface area contributed by atoms with Crippen molar-refractivity contribution in [3.8, 4) is 0 Å². The van der Waals surface area contributed by atoms with Crippen LogP contribution in [-0.2, 0) is 4.74 Å². The molecular weight excluding hydrogens is 244 g/mol. The standard InChI is InChI=1S/C16H23ClO/c1-2-18-12-11-13-3-5-14(6-4-13)15-7-9-16(17)10-8-15/h7-10,13-14H,2-6,11-12H2,1H3/t13-,14-. The first-order valence-electron chi connectivity index (χ1n) is 7.12. The molecule has 100 valence electrons. The van der Waals surface area contributed by atoms with Crippen LogP contribution >= 0.6 is 11.6 Å². The number of halogens is 1. The molecule has 1 aromatic carbocycles. The molecule has 0 spiro atoms. The van der Waals surface area contributed by atoms with Crippen molar-refractivity contribution in [3.05, 3.63) is 34.9 Å². The Morgan fingerprint density at radius 2 is 1.78 bits per heavy atom. The van der Waals surface area contributed by atoms with Gasteiger partial charge in [-0.3, -0.25) is 0 Å². The molecule has 0 unspecified atom stereocenters. The zero-order valence-electron chi connectivity index (χ0n) is 11.2. The normalized spacial score (nSPS) is 24.1. The Labute approximate surface area is 115 Å². The highest BCUT2D eigenvalue weighted by atomic mass is 35.5. The van der Waals surface area contributed by atoms with E-state index in [4.69, 9.17) is 16.3 Å². The van der Waals surface area contributed by atoms with Crippen LogP contribution in [0, 0.1) is 5.92 Å². The molecule has 0 amide bonds. The van der Waals surface area contributed by atoms with Crippen molar-refractivity contribution < 1.29 is 4.74 Å². The summed E-state index contributed by atoms with van der Waals surface area (Å²) in [5.74, 6) is 1.62. The van der Waals surface area contributed by atoms with Gasteiger partial charge < -0.3 is 4.74 Å². The zero-order chi connectivity index (χ0) is 12.8. The van der Waals surface area contributed by atoms with Gasteiger partial charge in [0, 0.05) is 18.2 Å². The summed E-state index contributed by atoms with van der Waals surface area (Å²) in [5, 5.41) is 0.837. The Hall–Kier alpha value is -0.530. The van der Waals surface area contributed by atoms with Gasteiger partial charge in [-0.1, -0.05) is 23.7 Å². The van der Waals surface area contributed by atoms with Gasteiger partial charge in [0.2, 0.25) is 0 Å². The fourth-order valence-electron chi connectivity index (χ4n) is 2.91. The maximum absolute atomic E-state index is 5.93. The van der Waals surface area contributed by atoms with Gasteiger partial charge in [0.05, 0.1) is 0 Å². The summed E-state index contributed by atoms with van der Waals surface area (Å²) in [5.41, 5.74) is 1.46. The van der Waals surface area contributed by atoms with Gasteiger partial charge in [-0.15, -0.1) is 0 Å². The van der Waals surface area contributed by atoms with E-state index in [1.165, 1.54) is 37.7 Å². The molecule has 0 saturated heterocycles. The van der Waals surface area contributed by atoms with Crippen molar-refractivity contribution in [2.75, 3.05) is 13.2 Å². The first kappa shape index (κ1) is 13.9. The molecule has 1 aliphatic rings. The minimum atomic E-state index is 0.741. The molecule has 2 heteroatoms. The zero-order valence-corrected chi connectivity index (χ0v) is 12.0. The number of benzene rings is 1. The lowest BCUT2D eigenvalue weighted by atomic mass is 9.78. The fourth-order valence-corrected chi connectivity index (χ4v) is 3.04. The van der Waals surface area contributed by atoms with Gasteiger partial charge in [-0.25, -0.2) is 0 Å². The van der Waals surface area contributed by atoms with Crippen LogP contribution in [0.3, 0.4) is 0 Å². The van der Waals surface area contributed by atoms with Crippen LogP contribution in [0.15, 0.2) is 24.3 Å².